The molecule has 2 rings (SSSR count). The predicted octanol–water partition coefficient (Wildman–Crippen LogP) is 3.13. The average Bonchev–Trinajstić information content (AvgIpc) is 2.41. The predicted molar refractivity (Wildman–Crippen MR) is 78.8 cm³/mol. The molecule has 0 aromatic rings. The van der Waals surface area contributed by atoms with Gasteiger partial charge in [-0.3, -0.25) is 0 Å². The lowest BCUT2D eigenvalue weighted by Crippen LogP contribution is -2.48. The third kappa shape index (κ3) is 3.48. The Morgan fingerprint density at radius 2 is 1.94 bits per heavy atom. The highest BCUT2D eigenvalue weighted by Crippen LogP contribution is 2.33. The van der Waals surface area contributed by atoms with E-state index in [9.17, 15) is 0 Å². The first kappa shape index (κ1) is 14.3. The van der Waals surface area contributed by atoms with Crippen LogP contribution in [0.3, 0.4) is 0 Å². The molecule has 106 valence electrons. The van der Waals surface area contributed by atoms with E-state index in [0.29, 0.717) is 0 Å². The van der Waals surface area contributed by atoms with Crippen LogP contribution in [0.4, 0.5) is 0 Å². The standard InChI is InChI=1S/C16H32N2/c1-4-18(12-15-8-6-10-17-11-15)16-9-5-7-13(2)14(16)3/h13-17H,4-12H2,1-3H3. The molecule has 1 saturated heterocycles. The highest BCUT2D eigenvalue weighted by molar-refractivity contribution is 4.85. The van der Waals surface area contributed by atoms with Gasteiger partial charge in [-0.05, 0) is 56.7 Å². The van der Waals surface area contributed by atoms with Crippen molar-refractivity contribution in [1.29, 1.82) is 0 Å². The van der Waals surface area contributed by atoms with Crippen molar-refractivity contribution in [2.24, 2.45) is 17.8 Å². The number of nitrogens with one attached hydrogen (secondary N) is 1. The SMILES string of the molecule is CCN(CC1CCCNC1)C1CCCC(C)C1C. The number of hydrogen-bond acceptors (Lipinski definition) is 2. The smallest absolute Gasteiger partial charge is 0.0123 e. The third-order valence-corrected chi connectivity index (χ3v) is 5.43. The molecule has 4 unspecified atom stereocenters. The van der Waals surface area contributed by atoms with Gasteiger partial charge < -0.3 is 10.2 Å². The van der Waals surface area contributed by atoms with Crippen molar-refractivity contribution >= 4 is 0 Å². The summed E-state index contributed by atoms with van der Waals surface area (Å²) in [5.41, 5.74) is 0. The lowest BCUT2D eigenvalue weighted by molar-refractivity contribution is 0.0682. The van der Waals surface area contributed by atoms with Crippen molar-refractivity contribution < 1.29 is 0 Å². The molecule has 0 aromatic heterocycles. The maximum atomic E-state index is 3.56. The second-order valence-corrected chi connectivity index (χ2v) is 6.63. The van der Waals surface area contributed by atoms with E-state index in [-0.39, 0.29) is 0 Å². The Hall–Kier alpha value is -0.0800. The van der Waals surface area contributed by atoms with Gasteiger partial charge in [-0.1, -0.05) is 33.6 Å². The molecule has 1 saturated carbocycles. The fourth-order valence-corrected chi connectivity index (χ4v) is 3.98. The molecule has 0 bridgehead atoms. The minimum Gasteiger partial charge on any atom is -0.316 e. The monoisotopic (exact) mass is 252 g/mol. The van der Waals surface area contributed by atoms with Crippen molar-refractivity contribution in [3.05, 3.63) is 0 Å². The molecule has 0 spiro atoms. The Balaban J connectivity index is 1.90. The Bertz CT molecular complexity index is 235. The molecule has 1 aliphatic carbocycles. The Morgan fingerprint density at radius 1 is 1.11 bits per heavy atom. The molecular formula is C16H32N2. The molecule has 0 radical (unpaired) electrons. The zero-order valence-corrected chi connectivity index (χ0v) is 12.6. The second-order valence-electron chi connectivity index (χ2n) is 6.63. The van der Waals surface area contributed by atoms with E-state index in [4.69, 9.17) is 0 Å². The van der Waals surface area contributed by atoms with E-state index in [1.165, 1.54) is 58.3 Å². The van der Waals surface area contributed by atoms with Crippen LogP contribution in [0.15, 0.2) is 0 Å². The fraction of sp³-hybridized carbons (Fsp3) is 1.00. The maximum absolute atomic E-state index is 3.56. The topological polar surface area (TPSA) is 15.3 Å². The van der Waals surface area contributed by atoms with Gasteiger partial charge in [0.05, 0.1) is 0 Å². The van der Waals surface area contributed by atoms with E-state index in [2.05, 4.69) is 31.0 Å². The molecule has 2 fully saturated rings. The van der Waals surface area contributed by atoms with Gasteiger partial charge in [0.25, 0.3) is 0 Å². The van der Waals surface area contributed by atoms with Gasteiger partial charge in [0.2, 0.25) is 0 Å². The summed E-state index contributed by atoms with van der Waals surface area (Å²) in [5, 5.41) is 3.56. The first-order chi connectivity index (χ1) is 8.72. The maximum Gasteiger partial charge on any atom is 0.0123 e. The lowest BCUT2D eigenvalue weighted by Gasteiger charge is -2.43. The molecule has 18 heavy (non-hydrogen) atoms. The summed E-state index contributed by atoms with van der Waals surface area (Å²) < 4.78 is 0. The van der Waals surface area contributed by atoms with E-state index in [1.54, 1.807) is 0 Å². The summed E-state index contributed by atoms with van der Waals surface area (Å²) in [6, 6.07) is 0.848. The van der Waals surface area contributed by atoms with Crippen LogP contribution in [0.2, 0.25) is 0 Å². The van der Waals surface area contributed by atoms with Crippen molar-refractivity contribution in [3.63, 3.8) is 0 Å². The average molecular weight is 252 g/mol. The zero-order valence-electron chi connectivity index (χ0n) is 12.6. The van der Waals surface area contributed by atoms with Crippen LogP contribution in [0, 0.1) is 17.8 Å². The molecular weight excluding hydrogens is 220 g/mol. The molecule has 4 atom stereocenters. The minimum absolute atomic E-state index is 0.848. The van der Waals surface area contributed by atoms with Crippen molar-refractivity contribution in [2.75, 3.05) is 26.2 Å². The zero-order chi connectivity index (χ0) is 13.0. The molecule has 2 nitrogen and oxygen atoms in total. The second kappa shape index (κ2) is 6.91. The summed E-state index contributed by atoms with van der Waals surface area (Å²) in [5.74, 6) is 2.70. The van der Waals surface area contributed by atoms with Gasteiger partial charge in [0.15, 0.2) is 0 Å². The van der Waals surface area contributed by atoms with Crippen molar-refractivity contribution in [3.8, 4) is 0 Å². The fourth-order valence-electron chi connectivity index (χ4n) is 3.98. The quantitative estimate of drug-likeness (QED) is 0.827. The van der Waals surface area contributed by atoms with Crippen LogP contribution in [-0.4, -0.2) is 37.1 Å². The van der Waals surface area contributed by atoms with Crippen LogP contribution < -0.4 is 5.32 Å². The third-order valence-electron chi connectivity index (χ3n) is 5.43. The van der Waals surface area contributed by atoms with Gasteiger partial charge in [-0.15, -0.1) is 0 Å². The number of piperidine rings is 1. The minimum atomic E-state index is 0.848. The van der Waals surface area contributed by atoms with Gasteiger partial charge in [-0.2, -0.15) is 0 Å². The van der Waals surface area contributed by atoms with Gasteiger partial charge in [0.1, 0.15) is 0 Å². The van der Waals surface area contributed by atoms with Crippen LogP contribution >= 0.6 is 0 Å². The Morgan fingerprint density at radius 3 is 2.61 bits per heavy atom. The Labute approximate surface area is 114 Å². The molecule has 1 N–H and O–H groups in total. The normalized spacial score (nSPS) is 38.0. The van der Waals surface area contributed by atoms with Crippen LogP contribution in [0.25, 0.3) is 0 Å². The summed E-state index contributed by atoms with van der Waals surface area (Å²) in [6.07, 6.45) is 7.12. The van der Waals surface area contributed by atoms with E-state index in [0.717, 1.165) is 23.8 Å². The summed E-state index contributed by atoms with van der Waals surface area (Å²) in [4.78, 5) is 2.79. The highest BCUT2D eigenvalue weighted by atomic mass is 15.2. The summed E-state index contributed by atoms with van der Waals surface area (Å²) in [7, 11) is 0. The molecule has 1 aliphatic heterocycles. The lowest BCUT2D eigenvalue weighted by atomic mass is 9.77. The van der Waals surface area contributed by atoms with Crippen LogP contribution in [0.5, 0.6) is 0 Å². The van der Waals surface area contributed by atoms with E-state index < -0.39 is 0 Å². The molecule has 2 heteroatoms. The van der Waals surface area contributed by atoms with Gasteiger partial charge >= 0.3 is 0 Å². The molecule has 2 aliphatic rings. The van der Waals surface area contributed by atoms with E-state index >= 15 is 0 Å². The number of hydrogen-bond donors (Lipinski definition) is 1. The van der Waals surface area contributed by atoms with Crippen LogP contribution in [0.1, 0.15) is 52.9 Å². The highest BCUT2D eigenvalue weighted by Gasteiger charge is 2.31. The van der Waals surface area contributed by atoms with Crippen molar-refractivity contribution in [1.82, 2.24) is 10.2 Å². The summed E-state index contributed by atoms with van der Waals surface area (Å²) in [6.45, 7) is 12.3. The Kier molecular flexibility index (Phi) is 5.50. The number of rotatable bonds is 4. The molecule has 1 heterocycles. The van der Waals surface area contributed by atoms with Crippen molar-refractivity contribution in [2.45, 2.75) is 58.9 Å². The van der Waals surface area contributed by atoms with E-state index in [1.807, 2.05) is 0 Å². The summed E-state index contributed by atoms with van der Waals surface area (Å²) >= 11 is 0. The van der Waals surface area contributed by atoms with Gasteiger partial charge in [-0.25, -0.2) is 0 Å². The first-order valence-corrected chi connectivity index (χ1v) is 8.17. The first-order valence-electron chi connectivity index (χ1n) is 8.17. The van der Waals surface area contributed by atoms with Crippen LogP contribution in [-0.2, 0) is 0 Å². The molecule has 0 amide bonds. The largest absolute Gasteiger partial charge is 0.316 e. The number of nitrogens with zero attached hydrogens (tertiary/aromatic N) is 1. The van der Waals surface area contributed by atoms with Gasteiger partial charge in [0, 0.05) is 12.6 Å². The molecule has 0 aromatic carbocycles.